The van der Waals surface area contributed by atoms with Crippen molar-refractivity contribution in [3.63, 3.8) is 0 Å². The van der Waals surface area contributed by atoms with E-state index in [0.29, 0.717) is 37.9 Å². The Bertz CT molecular complexity index is 2310. The molecule has 3 aromatic carbocycles. The topological polar surface area (TPSA) is 195 Å². The van der Waals surface area contributed by atoms with Crippen LogP contribution in [-0.4, -0.2) is 58.8 Å². The Hall–Kier alpha value is -4.96. The second-order valence-corrected chi connectivity index (χ2v) is 16.9. The maximum absolute atomic E-state index is 12.0. The molecular weight excluding hydrogens is 723 g/mol. The van der Waals surface area contributed by atoms with Gasteiger partial charge in [0.15, 0.2) is 12.3 Å². The number of carboxylic acid groups (broad SMARTS) is 1. The summed E-state index contributed by atoms with van der Waals surface area (Å²) < 4.78 is 69.6. The Morgan fingerprint density at radius 3 is 2.06 bits per heavy atom. The van der Waals surface area contributed by atoms with E-state index in [4.69, 9.17) is 5.11 Å². The Morgan fingerprint density at radius 2 is 1.45 bits per heavy atom. The van der Waals surface area contributed by atoms with E-state index < -0.39 is 42.0 Å². The van der Waals surface area contributed by atoms with Crippen LogP contribution >= 0.6 is 0 Å². The molecule has 3 aromatic rings. The molecule has 0 bridgehead atoms. The van der Waals surface area contributed by atoms with Crippen LogP contribution in [0.1, 0.15) is 70.1 Å². The molecule has 280 valence electrons. The highest BCUT2D eigenvalue weighted by Gasteiger charge is 2.45. The standard InChI is InChI=1S/C38H41N3O10S2/c1-37(2)30-23-28(52(46,47)48)18-20-32(30)39(22-10-6-9-13-36(42)43)34(37)11-7-5-8-12-35-38(3,4)31-24-29(53(49,50)51)19-21-33(31)40(35)25-26-14-16-27(17-15-26)41(44)45/h5,7-8,11-12,14-21,23-24H,6,9-10,13,22,25H2,1-4H3,(H2-,42,43,46,47,48,49,50,51)/p+1. The third kappa shape index (κ3) is 8.33. The molecule has 3 N–H and O–H groups in total. The number of anilines is 1. The molecule has 0 saturated carbocycles. The van der Waals surface area contributed by atoms with Crippen molar-refractivity contribution in [3.8, 4) is 0 Å². The maximum Gasteiger partial charge on any atom is 0.303 e. The first-order chi connectivity index (χ1) is 24.7. The van der Waals surface area contributed by atoms with Crippen molar-refractivity contribution in [2.45, 2.75) is 80.5 Å². The molecule has 0 spiro atoms. The van der Waals surface area contributed by atoms with E-state index in [1.807, 2.05) is 62.7 Å². The fourth-order valence-corrected chi connectivity index (χ4v) is 8.04. The quantitative estimate of drug-likeness (QED) is 0.0378. The first-order valence-corrected chi connectivity index (χ1v) is 19.8. The highest BCUT2D eigenvalue weighted by molar-refractivity contribution is 7.86. The molecule has 15 heteroatoms. The van der Waals surface area contributed by atoms with Crippen molar-refractivity contribution in [3.05, 3.63) is 124 Å². The third-order valence-corrected chi connectivity index (χ3v) is 11.5. The van der Waals surface area contributed by atoms with Crippen LogP contribution in [0.15, 0.2) is 107 Å². The van der Waals surface area contributed by atoms with Gasteiger partial charge in [-0.2, -0.15) is 21.4 Å². The van der Waals surface area contributed by atoms with Crippen LogP contribution in [0.3, 0.4) is 0 Å². The maximum atomic E-state index is 12.0. The molecule has 0 atom stereocenters. The minimum absolute atomic E-state index is 0.0405. The van der Waals surface area contributed by atoms with Gasteiger partial charge in [-0.3, -0.25) is 24.0 Å². The van der Waals surface area contributed by atoms with Crippen LogP contribution < -0.4 is 4.90 Å². The molecule has 2 heterocycles. The molecule has 13 nitrogen and oxygen atoms in total. The number of unbranched alkanes of at least 4 members (excludes halogenated alkanes) is 2. The molecule has 53 heavy (non-hydrogen) atoms. The van der Waals surface area contributed by atoms with Crippen molar-refractivity contribution in [2.75, 3.05) is 11.4 Å². The number of hydrogen-bond acceptors (Lipinski definition) is 8. The van der Waals surface area contributed by atoms with Gasteiger partial charge in [0, 0.05) is 65.2 Å². The van der Waals surface area contributed by atoms with Gasteiger partial charge in [0.25, 0.3) is 25.9 Å². The van der Waals surface area contributed by atoms with Gasteiger partial charge in [0.05, 0.1) is 20.1 Å². The lowest BCUT2D eigenvalue weighted by Gasteiger charge is -2.27. The van der Waals surface area contributed by atoms with Crippen molar-refractivity contribution >= 4 is 49.0 Å². The molecule has 2 aliphatic heterocycles. The molecule has 0 aromatic heterocycles. The van der Waals surface area contributed by atoms with Gasteiger partial charge in [-0.15, -0.1) is 0 Å². The number of fused-ring (bicyclic) bond motifs is 2. The lowest BCUT2D eigenvalue weighted by molar-refractivity contribution is -0.455. The summed E-state index contributed by atoms with van der Waals surface area (Å²) in [4.78, 5) is 23.4. The van der Waals surface area contributed by atoms with Gasteiger partial charge in [-0.05, 0) is 80.8 Å². The normalized spacial score (nSPS) is 17.2. The largest absolute Gasteiger partial charge is 0.481 e. The second kappa shape index (κ2) is 14.8. The number of hydrogen-bond donors (Lipinski definition) is 3. The minimum Gasteiger partial charge on any atom is -0.481 e. The molecule has 0 fully saturated rings. The summed E-state index contributed by atoms with van der Waals surface area (Å²) in [5, 5.41) is 20.3. The van der Waals surface area contributed by atoms with E-state index in [-0.39, 0.29) is 21.9 Å². The zero-order chi connectivity index (χ0) is 38.9. The number of non-ortho nitro benzene ring substituents is 1. The van der Waals surface area contributed by atoms with Crippen LogP contribution in [-0.2, 0) is 42.4 Å². The molecule has 0 unspecified atom stereocenters. The highest BCUT2D eigenvalue weighted by atomic mass is 32.2. The number of rotatable bonds is 14. The Labute approximate surface area is 308 Å². The van der Waals surface area contributed by atoms with Crippen LogP contribution in [0.5, 0.6) is 0 Å². The van der Waals surface area contributed by atoms with Crippen LogP contribution in [0.2, 0.25) is 0 Å². The van der Waals surface area contributed by atoms with Crippen molar-refractivity contribution in [1.29, 1.82) is 0 Å². The predicted molar refractivity (Wildman–Crippen MR) is 200 cm³/mol. The first-order valence-electron chi connectivity index (χ1n) is 16.9. The number of aliphatic carboxylic acids is 1. The zero-order valence-electron chi connectivity index (χ0n) is 29.8. The minimum atomic E-state index is -4.47. The van der Waals surface area contributed by atoms with Gasteiger partial charge < -0.3 is 10.0 Å². The van der Waals surface area contributed by atoms with E-state index in [2.05, 4.69) is 4.90 Å². The summed E-state index contributed by atoms with van der Waals surface area (Å²) in [5.74, 6) is -0.852. The number of carbonyl (C=O) groups is 1. The molecule has 5 rings (SSSR count). The summed E-state index contributed by atoms with van der Waals surface area (Å²) in [7, 11) is -8.90. The van der Waals surface area contributed by atoms with Gasteiger partial charge in [0.1, 0.15) is 0 Å². The first kappa shape index (κ1) is 39.3. The summed E-state index contributed by atoms with van der Waals surface area (Å²) in [6, 6.07) is 15.1. The molecule has 0 saturated heterocycles. The monoisotopic (exact) mass is 764 g/mol. The number of nitro benzene ring substituents is 1. The van der Waals surface area contributed by atoms with Crippen LogP contribution in [0.25, 0.3) is 0 Å². The SMILES string of the molecule is CC1(C)C(/C=C/C=C/C=C2/N(CCCCCC(=O)O)c3ccc(S(=O)(=O)O)cc3C2(C)C)=[N+](Cc2ccc([N+](=O)[O-])cc2)c2ccc(S(=O)(=O)O)cc21. The molecule has 0 radical (unpaired) electrons. The van der Waals surface area contributed by atoms with Gasteiger partial charge >= 0.3 is 5.97 Å². The van der Waals surface area contributed by atoms with E-state index in [0.717, 1.165) is 33.9 Å². The fraction of sp³-hybridized carbons (Fsp3) is 0.316. The smallest absolute Gasteiger partial charge is 0.303 e. The molecule has 0 aliphatic carbocycles. The Morgan fingerprint density at radius 1 is 0.830 bits per heavy atom. The van der Waals surface area contributed by atoms with E-state index in [1.165, 1.54) is 36.4 Å². The highest BCUT2D eigenvalue weighted by Crippen LogP contribution is 2.48. The van der Waals surface area contributed by atoms with Gasteiger partial charge in [-0.1, -0.05) is 38.5 Å². The van der Waals surface area contributed by atoms with Crippen LogP contribution in [0.4, 0.5) is 17.1 Å². The van der Waals surface area contributed by atoms with Crippen molar-refractivity contribution in [2.24, 2.45) is 0 Å². The van der Waals surface area contributed by atoms with Crippen molar-refractivity contribution in [1.82, 2.24) is 0 Å². The summed E-state index contributed by atoms with van der Waals surface area (Å²) >= 11 is 0. The molecule has 0 amide bonds. The number of benzene rings is 3. The number of allylic oxidation sites excluding steroid dienone is 6. The van der Waals surface area contributed by atoms with E-state index >= 15 is 0 Å². The zero-order valence-corrected chi connectivity index (χ0v) is 31.4. The lowest BCUT2D eigenvalue weighted by atomic mass is 9.81. The lowest BCUT2D eigenvalue weighted by Crippen LogP contribution is -2.27. The summed E-state index contributed by atoms with van der Waals surface area (Å²) in [6.07, 6.45) is 11.4. The average Bonchev–Trinajstić information content (AvgIpc) is 3.41. The molecule has 2 aliphatic rings. The third-order valence-electron chi connectivity index (χ3n) is 9.81. The second-order valence-electron chi connectivity index (χ2n) is 14.1. The number of nitrogens with zero attached hydrogens (tertiary/aromatic N) is 3. The fourth-order valence-electron chi connectivity index (χ4n) is 7.03. The van der Waals surface area contributed by atoms with E-state index in [9.17, 15) is 40.8 Å². The van der Waals surface area contributed by atoms with Gasteiger partial charge in [0.2, 0.25) is 5.69 Å². The van der Waals surface area contributed by atoms with Crippen molar-refractivity contribution < 1.29 is 45.3 Å². The van der Waals surface area contributed by atoms with Crippen LogP contribution in [0, 0.1) is 10.1 Å². The summed E-state index contributed by atoms with van der Waals surface area (Å²) in [5.41, 5.74) is 3.98. The predicted octanol–water partition coefficient (Wildman–Crippen LogP) is 7.10. The Kier molecular flexibility index (Phi) is 11.0. The van der Waals surface area contributed by atoms with E-state index in [1.54, 1.807) is 24.3 Å². The number of nitro groups is 1. The number of carboxylic acids is 1. The molecular formula is C38H42N3O10S2+. The average molecular weight is 765 g/mol. The summed E-state index contributed by atoms with van der Waals surface area (Å²) in [6.45, 7) is 8.69. The van der Waals surface area contributed by atoms with Gasteiger partial charge in [-0.25, -0.2) is 0 Å². The Balaban J connectivity index is 1.50.